The molecule has 9 heteroatoms. The summed E-state index contributed by atoms with van der Waals surface area (Å²) in [5.41, 5.74) is 1.19. The fourth-order valence-electron chi connectivity index (χ4n) is 2.68. The quantitative estimate of drug-likeness (QED) is 0.503. The molecular weight excluding hydrogens is 384 g/mol. The van der Waals surface area contributed by atoms with Crippen LogP contribution in [0.25, 0.3) is 5.82 Å². The third-order valence-corrected chi connectivity index (χ3v) is 4.09. The van der Waals surface area contributed by atoms with Gasteiger partial charge in [0.1, 0.15) is 30.0 Å². The minimum Gasteiger partial charge on any atom is -0.495 e. The van der Waals surface area contributed by atoms with Gasteiger partial charge in [-0.2, -0.15) is 0 Å². The van der Waals surface area contributed by atoms with Crippen LogP contribution in [0, 0.1) is 0 Å². The number of aromatic nitrogens is 4. The highest BCUT2D eigenvalue weighted by Gasteiger charge is 2.08. The average molecular weight is 402 g/mol. The predicted octanol–water partition coefficient (Wildman–Crippen LogP) is 4.11. The Balaban J connectivity index is 1.38. The summed E-state index contributed by atoms with van der Waals surface area (Å²) in [6, 6.07) is 15.4. The molecule has 0 unspecified atom stereocenters. The molecule has 4 rings (SSSR count). The largest absolute Gasteiger partial charge is 0.495 e. The Morgan fingerprint density at radius 1 is 1.03 bits per heavy atom. The fourth-order valence-corrected chi connectivity index (χ4v) is 2.68. The van der Waals surface area contributed by atoms with Crippen molar-refractivity contribution < 1.29 is 14.3 Å². The molecule has 2 aromatic heterocycles. The summed E-state index contributed by atoms with van der Waals surface area (Å²) >= 11 is 0. The van der Waals surface area contributed by atoms with Gasteiger partial charge in [-0.25, -0.2) is 19.7 Å². The summed E-state index contributed by atoms with van der Waals surface area (Å²) in [6.07, 6.45) is 6.51. The first-order chi connectivity index (χ1) is 14.7. The van der Waals surface area contributed by atoms with Crippen molar-refractivity contribution >= 4 is 17.4 Å². The molecule has 0 atom stereocenters. The zero-order valence-electron chi connectivity index (χ0n) is 16.0. The first kappa shape index (κ1) is 18.9. The Morgan fingerprint density at radius 2 is 1.87 bits per heavy atom. The van der Waals surface area contributed by atoms with Gasteiger partial charge in [-0.05, 0) is 36.4 Å². The van der Waals surface area contributed by atoms with Gasteiger partial charge in [0.2, 0.25) is 5.88 Å². The van der Waals surface area contributed by atoms with Gasteiger partial charge >= 0.3 is 6.03 Å². The minimum atomic E-state index is -0.381. The number of benzene rings is 2. The van der Waals surface area contributed by atoms with E-state index in [2.05, 4.69) is 25.6 Å². The van der Waals surface area contributed by atoms with Crippen molar-refractivity contribution in [3.8, 4) is 23.2 Å². The van der Waals surface area contributed by atoms with Crippen molar-refractivity contribution in [1.29, 1.82) is 0 Å². The third kappa shape index (κ3) is 4.53. The van der Waals surface area contributed by atoms with E-state index in [0.29, 0.717) is 34.6 Å². The summed E-state index contributed by atoms with van der Waals surface area (Å²) in [7, 11) is 1.55. The van der Waals surface area contributed by atoms with Crippen molar-refractivity contribution in [3.63, 3.8) is 0 Å². The molecule has 2 N–H and O–H groups in total. The number of nitrogens with zero attached hydrogens (tertiary/aromatic N) is 4. The standard InChI is InChI=1S/C21H18N6O3/c1-29-18-5-3-2-4-17(18)26-21(28)25-15-6-8-16(9-7-15)30-20-12-19(23-13-24-20)27-11-10-22-14-27/h2-14H,1H3,(H2,25,26,28). The minimum absolute atomic E-state index is 0.381. The molecule has 0 radical (unpaired) electrons. The van der Waals surface area contributed by atoms with Crippen LogP contribution in [0.4, 0.5) is 16.2 Å². The second kappa shape index (κ2) is 8.74. The van der Waals surface area contributed by atoms with E-state index in [9.17, 15) is 4.79 Å². The lowest BCUT2D eigenvalue weighted by atomic mass is 10.3. The third-order valence-electron chi connectivity index (χ3n) is 4.09. The zero-order valence-corrected chi connectivity index (χ0v) is 16.0. The predicted molar refractivity (Wildman–Crippen MR) is 111 cm³/mol. The lowest BCUT2D eigenvalue weighted by molar-refractivity contribution is 0.262. The second-order valence-electron chi connectivity index (χ2n) is 6.09. The molecule has 4 aromatic rings. The van der Waals surface area contributed by atoms with Crippen LogP contribution >= 0.6 is 0 Å². The van der Waals surface area contributed by atoms with Crippen LogP contribution in [0.1, 0.15) is 0 Å². The highest BCUT2D eigenvalue weighted by Crippen LogP contribution is 2.24. The zero-order chi connectivity index (χ0) is 20.8. The van der Waals surface area contributed by atoms with Crippen molar-refractivity contribution in [2.24, 2.45) is 0 Å². The maximum Gasteiger partial charge on any atom is 0.323 e. The Bertz CT molecular complexity index is 1130. The Morgan fingerprint density at radius 3 is 2.63 bits per heavy atom. The summed E-state index contributed by atoms with van der Waals surface area (Å²) < 4.78 is 12.8. The fraction of sp³-hybridized carbons (Fsp3) is 0.0476. The number of urea groups is 1. The van der Waals surface area contributed by atoms with Gasteiger partial charge in [0, 0.05) is 24.1 Å². The molecule has 0 aliphatic heterocycles. The maximum absolute atomic E-state index is 12.2. The number of rotatable bonds is 6. The number of para-hydroxylation sites is 2. The van der Waals surface area contributed by atoms with Gasteiger partial charge in [-0.3, -0.25) is 4.57 Å². The molecule has 9 nitrogen and oxygen atoms in total. The number of nitrogens with one attached hydrogen (secondary N) is 2. The Hall–Kier alpha value is -4.40. The summed E-state index contributed by atoms with van der Waals surface area (Å²) in [5, 5.41) is 5.52. The second-order valence-corrected chi connectivity index (χ2v) is 6.09. The Kier molecular flexibility index (Phi) is 5.52. The van der Waals surface area contributed by atoms with Gasteiger partial charge in [0.05, 0.1) is 12.8 Å². The van der Waals surface area contributed by atoms with Gasteiger partial charge in [-0.15, -0.1) is 0 Å². The molecule has 0 aliphatic rings. The van der Waals surface area contributed by atoms with E-state index in [1.807, 2.05) is 12.1 Å². The van der Waals surface area contributed by atoms with Crippen LogP contribution in [-0.4, -0.2) is 32.7 Å². The van der Waals surface area contributed by atoms with Crippen LogP contribution in [-0.2, 0) is 0 Å². The maximum atomic E-state index is 12.2. The van der Waals surface area contributed by atoms with Crippen molar-refractivity contribution in [3.05, 3.63) is 79.6 Å². The molecule has 2 heterocycles. The summed E-state index contributed by atoms with van der Waals surface area (Å²) in [6.45, 7) is 0. The number of hydrogen-bond donors (Lipinski definition) is 2. The van der Waals surface area contributed by atoms with Crippen LogP contribution in [0.5, 0.6) is 17.4 Å². The number of amides is 2. The lowest BCUT2D eigenvalue weighted by Crippen LogP contribution is -2.19. The number of methoxy groups -OCH3 is 1. The monoisotopic (exact) mass is 402 g/mol. The molecule has 30 heavy (non-hydrogen) atoms. The van der Waals surface area contributed by atoms with E-state index in [1.54, 1.807) is 72.9 Å². The van der Waals surface area contributed by atoms with E-state index in [0.717, 1.165) is 0 Å². The topological polar surface area (TPSA) is 103 Å². The van der Waals surface area contributed by atoms with Crippen LogP contribution in [0.3, 0.4) is 0 Å². The van der Waals surface area contributed by atoms with E-state index in [1.165, 1.54) is 6.33 Å². The average Bonchev–Trinajstić information content (AvgIpc) is 3.31. The summed E-state index contributed by atoms with van der Waals surface area (Å²) in [5.74, 6) is 2.18. The normalized spacial score (nSPS) is 10.3. The SMILES string of the molecule is COc1ccccc1NC(=O)Nc1ccc(Oc2cc(-n3ccnc3)ncn2)cc1. The molecule has 0 bridgehead atoms. The number of hydrogen-bond acceptors (Lipinski definition) is 6. The van der Waals surface area contributed by atoms with E-state index in [4.69, 9.17) is 9.47 Å². The van der Waals surface area contributed by atoms with Crippen molar-refractivity contribution in [2.75, 3.05) is 17.7 Å². The summed E-state index contributed by atoms with van der Waals surface area (Å²) in [4.78, 5) is 24.5. The lowest BCUT2D eigenvalue weighted by Gasteiger charge is -2.11. The number of imidazole rings is 1. The number of carbonyl (C=O) groups excluding carboxylic acids is 1. The number of carbonyl (C=O) groups is 1. The highest BCUT2D eigenvalue weighted by molar-refractivity contribution is 6.00. The van der Waals surface area contributed by atoms with Crippen LogP contribution in [0.15, 0.2) is 79.6 Å². The van der Waals surface area contributed by atoms with Crippen molar-refractivity contribution in [1.82, 2.24) is 19.5 Å². The molecule has 150 valence electrons. The first-order valence-corrected chi connectivity index (χ1v) is 9.00. The van der Waals surface area contributed by atoms with Crippen LogP contribution < -0.4 is 20.1 Å². The molecule has 0 aliphatic carbocycles. The molecular formula is C21H18N6O3. The van der Waals surface area contributed by atoms with E-state index in [-0.39, 0.29) is 6.03 Å². The Labute approximate surface area is 172 Å². The van der Waals surface area contributed by atoms with Gasteiger partial charge in [0.25, 0.3) is 0 Å². The molecule has 0 spiro atoms. The highest BCUT2D eigenvalue weighted by atomic mass is 16.5. The van der Waals surface area contributed by atoms with E-state index >= 15 is 0 Å². The molecule has 0 saturated carbocycles. The number of ether oxygens (including phenoxy) is 2. The van der Waals surface area contributed by atoms with Crippen LogP contribution in [0.2, 0.25) is 0 Å². The molecule has 0 saturated heterocycles. The first-order valence-electron chi connectivity index (χ1n) is 9.00. The molecule has 2 amide bonds. The molecule has 0 fully saturated rings. The van der Waals surface area contributed by atoms with Gasteiger partial charge in [-0.1, -0.05) is 12.1 Å². The van der Waals surface area contributed by atoms with Gasteiger partial charge in [0.15, 0.2) is 0 Å². The number of anilines is 2. The van der Waals surface area contributed by atoms with Gasteiger partial charge < -0.3 is 20.1 Å². The smallest absolute Gasteiger partial charge is 0.323 e. The van der Waals surface area contributed by atoms with Crippen molar-refractivity contribution in [2.45, 2.75) is 0 Å². The molecule has 2 aromatic carbocycles. The van der Waals surface area contributed by atoms with E-state index < -0.39 is 0 Å².